The maximum atomic E-state index is 12.1. The van der Waals surface area contributed by atoms with Gasteiger partial charge in [-0.3, -0.25) is 0 Å². The van der Waals surface area contributed by atoms with Crippen LogP contribution in [-0.4, -0.2) is 30.6 Å². The molecular weight excluding hydrogens is 264 g/mol. The lowest BCUT2D eigenvalue weighted by Crippen LogP contribution is -2.46. The number of carbonyl (C=O) groups is 2. The summed E-state index contributed by atoms with van der Waals surface area (Å²) in [6.45, 7) is 3.83. The zero-order valence-corrected chi connectivity index (χ0v) is 11.9. The molecule has 2 heterocycles. The minimum Gasteiger partial charge on any atom is -0.463 e. The van der Waals surface area contributed by atoms with Crippen LogP contribution in [0.4, 0.5) is 4.79 Å². The lowest BCUT2D eigenvalue weighted by atomic mass is 10.0. The van der Waals surface area contributed by atoms with E-state index in [0.717, 1.165) is 4.88 Å². The van der Waals surface area contributed by atoms with Crippen molar-refractivity contribution in [3.63, 3.8) is 0 Å². The number of carbonyl (C=O) groups excluding carboxylic acids is 2. The van der Waals surface area contributed by atoms with Crippen LogP contribution in [0.2, 0.25) is 0 Å². The second-order valence-electron chi connectivity index (χ2n) is 4.18. The van der Waals surface area contributed by atoms with E-state index in [-0.39, 0.29) is 12.0 Å². The number of allylic oxidation sites excluding steroid dienone is 1. The van der Waals surface area contributed by atoms with Gasteiger partial charge in [0.2, 0.25) is 0 Å². The molecule has 19 heavy (non-hydrogen) atoms. The van der Waals surface area contributed by atoms with E-state index in [1.807, 2.05) is 17.5 Å². The first-order chi connectivity index (χ1) is 9.06. The van der Waals surface area contributed by atoms with E-state index >= 15 is 0 Å². The van der Waals surface area contributed by atoms with Gasteiger partial charge in [-0.15, -0.1) is 11.3 Å². The number of ether oxygens (including phenoxy) is 1. The summed E-state index contributed by atoms with van der Waals surface area (Å²) in [5.74, 6) is -0.384. The number of nitrogens with one attached hydrogen (secondary N) is 1. The smallest absolute Gasteiger partial charge is 0.338 e. The Morgan fingerprint density at radius 3 is 2.89 bits per heavy atom. The van der Waals surface area contributed by atoms with Crippen molar-refractivity contribution in [3.05, 3.63) is 33.7 Å². The Balaban J connectivity index is 2.45. The molecule has 1 aliphatic heterocycles. The van der Waals surface area contributed by atoms with Gasteiger partial charge in [0.05, 0.1) is 18.2 Å². The van der Waals surface area contributed by atoms with Gasteiger partial charge < -0.3 is 15.0 Å². The van der Waals surface area contributed by atoms with Crippen molar-refractivity contribution >= 4 is 23.3 Å². The molecule has 5 nitrogen and oxygen atoms in total. The highest BCUT2D eigenvalue weighted by Crippen LogP contribution is 2.32. The maximum Gasteiger partial charge on any atom is 0.338 e. The molecule has 0 saturated carbocycles. The summed E-state index contributed by atoms with van der Waals surface area (Å²) in [4.78, 5) is 26.3. The number of nitrogens with zero attached hydrogens (tertiary/aromatic N) is 1. The number of thiophene rings is 1. The number of rotatable bonds is 3. The summed E-state index contributed by atoms with van der Waals surface area (Å²) < 4.78 is 5.09. The first-order valence-electron chi connectivity index (χ1n) is 6.01. The van der Waals surface area contributed by atoms with Crippen LogP contribution in [-0.2, 0) is 9.53 Å². The first kappa shape index (κ1) is 13.6. The molecule has 0 saturated heterocycles. The van der Waals surface area contributed by atoms with Crippen LogP contribution in [0.3, 0.4) is 0 Å². The normalized spacial score (nSPS) is 19.4. The Labute approximate surface area is 115 Å². The van der Waals surface area contributed by atoms with Crippen LogP contribution in [0.1, 0.15) is 24.8 Å². The number of urea groups is 1. The van der Waals surface area contributed by atoms with Crippen molar-refractivity contribution in [1.82, 2.24) is 10.2 Å². The van der Waals surface area contributed by atoms with Gasteiger partial charge in [0.25, 0.3) is 0 Å². The Bertz CT molecular complexity index is 522. The van der Waals surface area contributed by atoms with Crippen molar-refractivity contribution in [2.45, 2.75) is 19.9 Å². The molecule has 6 heteroatoms. The maximum absolute atomic E-state index is 12.1. The Morgan fingerprint density at radius 2 is 2.32 bits per heavy atom. The van der Waals surface area contributed by atoms with Gasteiger partial charge in [-0.1, -0.05) is 6.07 Å². The molecule has 0 aromatic carbocycles. The van der Waals surface area contributed by atoms with Crippen molar-refractivity contribution in [1.29, 1.82) is 0 Å². The number of hydrogen-bond donors (Lipinski definition) is 1. The fourth-order valence-corrected chi connectivity index (χ4v) is 2.76. The molecule has 1 aliphatic rings. The highest BCUT2D eigenvalue weighted by atomic mass is 32.1. The zero-order valence-electron chi connectivity index (χ0n) is 11.1. The van der Waals surface area contributed by atoms with E-state index in [4.69, 9.17) is 4.74 Å². The average molecular weight is 280 g/mol. The van der Waals surface area contributed by atoms with Crippen molar-refractivity contribution in [2.24, 2.45) is 0 Å². The highest BCUT2D eigenvalue weighted by Gasteiger charge is 2.35. The van der Waals surface area contributed by atoms with Crippen LogP contribution < -0.4 is 5.32 Å². The van der Waals surface area contributed by atoms with E-state index in [1.165, 1.54) is 16.2 Å². The third-order valence-corrected chi connectivity index (χ3v) is 4.01. The average Bonchev–Trinajstić information content (AvgIpc) is 2.89. The summed E-state index contributed by atoms with van der Waals surface area (Å²) in [5, 5.41) is 4.74. The molecule has 1 atom stereocenters. The van der Waals surface area contributed by atoms with E-state index in [9.17, 15) is 9.59 Å². The first-order valence-corrected chi connectivity index (χ1v) is 6.89. The summed E-state index contributed by atoms with van der Waals surface area (Å²) in [6.07, 6.45) is 0. The summed E-state index contributed by atoms with van der Waals surface area (Å²) >= 11 is 1.50. The molecule has 0 aliphatic carbocycles. The second kappa shape index (κ2) is 5.44. The Morgan fingerprint density at radius 1 is 1.58 bits per heavy atom. The van der Waals surface area contributed by atoms with Crippen LogP contribution in [0.15, 0.2) is 28.8 Å². The van der Waals surface area contributed by atoms with Crippen LogP contribution in [0.5, 0.6) is 0 Å². The van der Waals surface area contributed by atoms with Crippen molar-refractivity contribution in [3.8, 4) is 0 Å². The predicted molar refractivity (Wildman–Crippen MR) is 72.7 cm³/mol. The molecule has 0 unspecified atom stereocenters. The number of esters is 1. The fourth-order valence-electron chi connectivity index (χ4n) is 1.98. The molecule has 0 radical (unpaired) electrons. The van der Waals surface area contributed by atoms with E-state index in [2.05, 4.69) is 5.32 Å². The lowest BCUT2D eigenvalue weighted by Gasteiger charge is -2.32. The minimum absolute atomic E-state index is 0.219. The summed E-state index contributed by atoms with van der Waals surface area (Å²) in [5.41, 5.74) is 1.12. The molecule has 102 valence electrons. The largest absolute Gasteiger partial charge is 0.463 e. The summed E-state index contributed by atoms with van der Waals surface area (Å²) in [7, 11) is 1.63. The van der Waals surface area contributed by atoms with Crippen molar-refractivity contribution < 1.29 is 14.3 Å². The molecule has 2 rings (SSSR count). The van der Waals surface area contributed by atoms with Crippen LogP contribution in [0, 0.1) is 0 Å². The van der Waals surface area contributed by atoms with Gasteiger partial charge in [0, 0.05) is 17.6 Å². The number of hydrogen-bond acceptors (Lipinski definition) is 4. The minimum atomic E-state index is -0.428. The van der Waals surface area contributed by atoms with E-state index < -0.39 is 6.04 Å². The topological polar surface area (TPSA) is 58.6 Å². The summed E-state index contributed by atoms with van der Waals surface area (Å²) in [6, 6.07) is 3.14. The van der Waals surface area contributed by atoms with Gasteiger partial charge in [-0.25, -0.2) is 9.59 Å². The molecule has 1 aromatic heterocycles. The standard InChI is InChI=1S/C13H16N2O3S/c1-4-18-12(16)10-8(2)15(3)13(17)14-11(10)9-6-5-7-19-9/h5-7,11H,4H2,1-3H3,(H,14,17)/t11-/m1/s1. The van der Waals surface area contributed by atoms with E-state index in [0.29, 0.717) is 17.9 Å². The van der Waals surface area contributed by atoms with Gasteiger partial charge in [-0.05, 0) is 25.3 Å². The highest BCUT2D eigenvalue weighted by molar-refractivity contribution is 7.10. The van der Waals surface area contributed by atoms with Gasteiger partial charge in [0.1, 0.15) is 0 Å². The van der Waals surface area contributed by atoms with E-state index in [1.54, 1.807) is 20.9 Å². The molecule has 0 spiro atoms. The van der Waals surface area contributed by atoms with Crippen LogP contribution in [0.25, 0.3) is 0 Å². The van der Waals surface area contributed by atoms with Gasteiger partial charge in [0.15, 0.2) is 0 Å². The molecule has 0 bridgehead atoms. The molecule has 1 N–H and O–H groups in total. The SMILES string of the molecule is CCOC(=O)C1=C(C)N(C)C(=O)N[C@@H]1c1cccs1. The second-order valence-corrected chi connectivity index (χ2v) is 5.16. The third kappa shape index (κ3) is 2.49. The van der Waals surface area contributed by atoms with Crippen LogP contribution >= 0.6 is 11.3 Å². The Hall–Kier alpha value is -1.82. The van der Waals surface area contributed by atoms with Crippen molar-refractivity contribution in [2.75, 3.05) is 13.7 Å². The third-order valence-electron chi connectivity index (χ3n) is 3.08. The number of amides is 2. The fraction of sp³-hybridized carbons (Fsp3) is 0.385. The molecule has 1 aromatic rings. The zero-order chi connectivity index (χ0) is 14.0. The van der Waals surface area contributed by atoms with Gasteiger partial charge in [-0.2, -0.15) is 0 Å². The molecular formula is C13H16N2O3S. The molecule has 0 fully saturated rings. The quantitative estimate of drug-likeness (QED) is 0.864. The lowest BCUT2D eigenvalue weighted by molar-refractivity contribution is -0.139. The monoisotopic (exact) mass is 280 g/mol. The Kier molecular flexibility index (Phi) is 3.90. The predicted octanol–water partition coefficient (Wildman–Crippen LogP) is 2.28. The molecule has 2 amide bonds. The van der Waals surface area contributed by atoms with Gasteiger partial charge >= 0.3 is 12.0 Å².